The van der Waals surface area contributed by atoms with E-state index in [1.807, 2.05) is 0 Å². The fourth-order valence-corrected chi connectivity index (χ4v) is 0.572. The van der Waals surface area contributed by atoms with E-state index in [0.29, 0.717) is 0 Å². The Morgan fingerprint density at radius 3 is 1.00 bits per heavy atom. The third-order valence-corrected chi connectivity index (χ3v) is 0.813. The van der Waals surface area contributed by atoms with Gasteiger partial charge in [-0.05, 0) is 26.0 Å². The standard InChI is InChI=1S/2C5H8O2.O.V/c2*1-4(6)3-5(2)7;;/h2*3,6H,1-2H3;;/q;;;+2/p-2. The molecule has 0 aliphatic heterocycles. The van der Waals surface area contributed by atoms with Gasteiger partial charge in [0.25, 0.3) is 0 Å². The maximum atomic E-state index is 9.98. The molecule has 6 heteroatoms. The molecule has 0 aliphatic rings. The summed E-state index contributed by atoms with van der Waals surface area (Å²) in [5.41, 5.74) is 0. The molecular formula is C10H14O5V. The number of rotatable bonds is 2. The molecule has 89 valence electrons. The zero-order valence-corrected chi connectivity index (χ0v) is 11.0. The van der Waals surface area contributed by atoms with Crippen molar-refractivity contribution in [2.24, 2.45) is 0 Å². The zero-order chi connectivity index (χ0) is 13.7. The maximum absolute atomic E-state index is 9.98. The molecule has 0 bridgehead atoms. The molecule has 0 radical (unpaired) electrons. The molecule has 0 spiro atoms. The second-order valence-electron chi connectivity index (χ2n) is 2.73. The summed E-state index contributed by atoms with van der Waals surface area (Å²) in [5.74, 6) is -0.750. The Morgan fingerprint density at radius 1 is 0.812 bits per heavy atom. The number of hydrogen-bond donors (Lipinski definition) is 0. The number of allylic oxidation sites excluding steroid dienone is 4. The van der Waals surface area contributed by atoms with Gasteiger partial charge in [0.15, 0.2) is 11.6 Å². The van der Waals surface area contributed by atoms with Gasteiger partial charge >= 0.3 is 21.0 Å². The summed E-state index contributed by atoms with van der Waals surface area (Å²) in [6, 6.07) is 0. The Bertz CT molecular complexity index is 245. The minimum absolute atomic E-state index is 0.187. The predicted octanol–water partition coefficient (Wildman–Crippen LogP) is -0.442. The molecule has 0 aromatic carbocycles. The van der Waals surface area contributed by atoms with E-state index in [9.17, 15) is 19.8 Å². The number of hydrogen-bond acceptors (Lipinski definition) is 5. The normalized spacial score (nSPS) is 10.4. The van der Waals surface area contributed by atoms with Crippen LogP contribution >= 0.6 is 0 Å². The summed E-state index contributed by atoms with van der Waals surface area (Å²) in [4.78, 5) is 20.0. The molecule has 0 unspecified atom stereocenters. The first-order valence-corrected chi connectivity index (χ1v) is 4.72. The predicted molar refractivity (Wildman–Crippen MR) is 49.6 cm³/mol. The van der Waals surface area contributed by atoms with Crippen molar-refractivity contribution < 1.29 is 40.8 Å². The summed E-state index contributed by atoms with van der Waals surface area (Å²) in [5, 5.41) is 20.0. The minimum atomic E-state index is -0.187. The van der Waals surface area contributed by atoms with Gasteiger partial charge in [-0.1, -0.05) is 13.8 Å². The first-order chi connectivity index (χ1) is 7.25. The Labute approximate surface area is 104 Å². The van der Waals surface area contributed by atoms with Crippen LogP contribution in [0, 0.1) is 0 Å². The van der Waals surface area contributed by atoms with Crippen molar-refractivity contribution in [3.05, 3.63) is 23.7 Å². The van der Waals surface area contributed by atoms with Gasteiger partial charge < -0.3 is 10.2 Å². The fraction of sp³-hybridized carbons (Fsp3) is 0.400. The van der Waals surface area contributed by atoms with Crippen LogP contribution in [0.2, 0.25) is 0 Å². The van der Waals surface area contributed by atoms with E-state index >= 15 is 0 Å². The van der Waals surface area contributed by atoms with Gasteiger partial charge in [-0.15, -0.1) is 11.5 Å². The summed E-state index contributed by atoms with van der Waals surface area (Å²) in [7, 11) is 0. The van der Waals surface area contributed by atoms with Crippen molar-refractivity contribution in [2.45, 2.75) is 27.7 Å². The van der Waals surface area contributed by atoms with Crippen LogP contribution in [0.1, 0.15) is 27.7 Å². The van der Waals surface area contributed by atoms with Crippen molar-refractivity contribution in [3.63, 3.8) is 0 Å². The van der Waals surface area contributed by atoms with Crippen LogP contribution in [0.15, 0.2) is 23.7 Å². The third kappa shape index (κ3) is 38.5. The summed E-state index contributed by atoms with van der Waals surface area (Å²) >= 11 is 1.06. The fourth-order valence-electron chi connectivity index (χ4n) is 0.572. The van der Waals surface area contributed by atoms with Crippen molar-refractivity contribution in [2.75, 3.05) is 0 Å². The molecule has 0 fully saturated rings. The Hall–Kier alpha value is -1.20. The Kier molecular flexibility index (Phi) is 17.5. The van der Waals surface area contributed by atoms with E-state index < -0.39 is 0 Å². The van der Waals surface area contributed by atoms with E-state index in [4.69, 9.17) is 3.67 Å². The molecular weight excluding hydrogens is 251 g/mol. The molecule has 0 amide bonds. The average Bonchev–Trinajstić information content (AvgIpc) is 2.03. The third-order valence-electron chi connectivity index (χ3n) is 0.813. The topological polar surface area (TPSA) is 97.3 Å². The van der Waals surface area contributed by atoms with Crippen LogP contribution in [0.3, 0.4) is 0 Å². The average molecular weight is 265 g/mol. The van der Waals surface area contributed by atoms with E-state index in [1.54, 1.807) is 0 Å². The molecule has 0 saturated heterocycles. The molecule has 16 heavy (non-hydrogen) atoms. The molecule has 0 aliphatic carbocycles. The van der Waals surface area contributed by atoms with Crippen molar-refractivity contribution in [1.29, 1.82) is 0 Å². The number of ketones is 2. The summed E-state index contributed by atoms with van der Waals surface area (Å²) < 4.78 is 8.19. The molecule has 0 aromatic rings. The number of carbonyl (C=O) groups is 2. The van der Waals surface area contributed by atoms with Crippen LogP contribution in [0.4, 0.5) is 0 Å². The van der Waals surface area contributed by atoms with Gasteiger partial charge in [0.2, 0.25) is 0 Å². The van der Waals surface area contributed by atoms with Gasteiger partial charge in [-0.2, -0.15) is 0 Å². The molecule has 0 heterocycles. The van der Waals surface area contributed by atoms with Crippen LogP contribution in [0.25, 0.3) is 0 Å². The quantitative estimate of drug-likeness (QED) is 0.498. The monoisotopic (exact) mass is 265 g/mol. The molecule has 0 aromatic heterocycles. The molecule has 0 saturated carbocycles. The first kappa shape index (κ1) is 20.2. The van der Waals surface area contributed by atoms with E-state index in [-0.39, 0.29) is 23.1 Å². The van der Waals surface area contributed by atoms with Gasteiger partial charge in [-0.25, -0.2) is 0 Å². The summed E-state index contributed by atoms with van der Waals surface area (Å²) in [6.45, 7) is 5.39. The molecule has 0 rings (SSSR count). The van der Waals surface area contributed by atoms with Crippen LogP contribution in [-0.2, 0) is 30.6 Å². The number of carbonyl (C=O) groups excluding carboxylic acids is 2. The van der Waals surface area contributed by atoms with Crippen molar-refractivity contribution in [1.82, 2.24) is 0 Å². The SMILES string of the molecule is CC(=O)C=C(C)[O-].CC(=O)C=C(C)[O-].[O]=[V+2]. The van der Waals surface area contributed by atoms with Crippen LogP contribution < -0.4 is 10.2 Å². The van der Waals surface area contributed by atoms with Crippen molar-refractivity contribution >= 4 is 11.6 Å². The molecule has 0 N–H and O–H groups in total. The van der Waals surface area contributed by atoms with Crippen LogP contribution in [-0.4, -0.2) is 11.6 Å². The van der Waals surface area contributed by atoms with E-state index in [1.165, 1.54) is 27.7 Å². The van der Waals surface area contributed by atoms with Gasteiger partial charge in [-0.3, -0.25) is 9.59 Å². The molecule has 0 atom stereocenters. The van der Waals surface area contributed by atoms with Crippen molar-refractivity contribution in [3.8, 4) is 0 Å². The summed E-state index contributed by atoms with van der Waals surface area (Å²) in [6.07, 6.45) is 2.11. The second-order valence-corrected chi connectivity index (χ2v) is 2.73. The first-order valence-electron chi connectivity index (χ1n) is 4.15. The van der Waals surface area contributed by atoms with Gasteiger partial charge in [0, 0.05) is 0 Å². The van der Waals surface area contributed by atoms with E-state index in [2.05, 4.69) is 0 Å². The second kappa shape index (κ2) is 13.8. The van der Waals surface area contributed by atoms with E-state index in [0.717, 1.165) is 29.5 Å². The van der Waals surface area contributed by atoms with Gasteiger partial charge in [0.1, 0.15) is 0 Å². The zero-order valence-electron chi connectivity index (χ0n) is 9.64. The van der Waals surface area contributed by atoms with Crippen LogP contribution in [0.5, 0.6) is 0 Å². The van der Waals surface area contributed by atoms with Gasteiger partial charge in [0.05, 0.1) is 0 Å². The molecule has 5 nitrogen and oxygen atoms in total. The Balaban J connectivity index is -0.000000183. The Morgan fingerprint density at radius 2 is 1.00 bits per heavy atom.